The molecule has 1 aromatic carbocycles. The molecule has 2 N–H and O–H groups in total. The highest BCUT2D eigenvalue weighted by molar-refractivity contribution is 6.06. The SMILES string of the molecule is O=C(NCCn1nc(C2CC2)ccc1=O)c1c[nH]c2ccccc12. The fourth-order valence-electron chi connectivity index (χ4n) is 2.85. The second-order valence-electron chi connectivity index (χ2n) is 6.10. The summed E-state index contributed by atoms with van der Waals surface area (Å²) in [6.07, 6.45) is 3.99. The van der Waals surface area contributed by atoms with E-state index in [0.717, 1.165) is 29.4 Å². The van der Waals surface area contributed by atoms with Crippen LogP contribution < -0.4 is 10.9 Å². The van der Waals surface area contributed by atoms with Crippen molar-refractivity contribution >= 4 is 16.8 Å². The highest BCUT2D eigenvalue weighted by Gasteiger charge is 2.25. The van der Waals surface area contributed by atoms with Crippen molar-refractivity contribution in [2.75, 3.05) is 6.54 Å². The number of fused-ring (bicyclic) bond motifs is 1. The molecule has 1 saturated carbocycles. The van der Waals surface area contributed by atoms with E-state index in [1.807, 2.05) is 24.3 Å². The molecule has 1 aliphatic carbocycles. The summed E-state index contributed by atoms with van der Waals surface area (Å²) < 4.78 is 1.43. The summed E-state index contributed by atoms with van der Waals surface area (Å²) in [6, 6.07) is 11.0. The van der Waals surface area contributed by atoms with Crippen molar-refractivity contribution in [3.63, 3.8) is 0 Å². The zero-order chi connectivity index (χ0) is 16.5. The van der Waals surface area contributed by atoms with Gasteiger partial charge in [0.1, 0.15) is 0 Å². The van der Waals surface area contributed by atoms with E-state index in [9.17, 15) is 9.59 Å². The average molecular weight is 322 g/mol. The van der Waals surface area contributed by atoms with E-state index in [1.165, 1.54) is 4.68 Å². The minimum absolute atomic E-state index is 0.138. The van der Waals surface area contributed by atoms with Crippen LogP contribution in [0.1, 0.15) is 34.8 Å². The molecule has 0 atom stereocenters. The number of rotatable bonds is 5. The van der Waals surface area contributed by atoms with E-state index < -0.39 is 0 Å². The van der Waals surface area contributed by atoms with Gasteiger partial charge in [0.25, 0.3) is 11.5 Å². The van der Waals surface area contributed by atoms with Gasteiger partial charge in [0.2, 0.25) is 0 Å². The Bertz CT molecular complexity index is 953. The minimum Gasteiger partial charge on any atom is -0.360 e. The van der Waals surface area contributed by atoms with E-state index in [1.54, 1.807) is 18.3 Å². The molecule has 0 saturated heterocycles. The maximum absolute atomic E-state index is 12.3. The molecule has 2 heterocycles. The highest BCUT2D eigenvalue weighted by Crippen LogP contribution is 2.38. The molecule has 0 bridgehead atoms. The summed E-state index contributed by atoms with van der Waals surface area (Å²) >= 11 is 0. The smallest absolute Gasteiger partial charge is 0.266 e. The fraction of sp³-hybridized carbons (Fsp3) is 0.278. The first-order valence-corrected chi connectivity index (χ1v) is 8.15. The molecule has 4 rings (SSSR count). The van der Waals surface area contributed by atoms with Gasteiger partial charge in [0.15, 0.2) is 0 Å². The standard InChI is InChI=1S/C18H18N4O2/c23-17-8-7-15(12-5-6-12)21-22(17)10-9-19-18(24)14-11-20-16-4-2-1-3-13(14)16/h1-4,7-8,11-12,20H,5-6,9-10H2,(H,19,24). The van der Waals surface area contributed by atoms with Gasteiger partial charge in [-0.2, -0.15) is 5.10 Å². The number of amides is 1. The molecule has 24 heavy (non-hydrogen) atoms. The van der Waals surface area contributed by atoms with Crippen LogP contribution in [-0.2, 0) is 6.54 Å². The lowest BCUT2D eigenvalue weighted by molar-refractivity contribution is 0.0953. The molecule has 122 valence electrons. The van der Waals surface area contributed by atoms with Crippen molar-refractivity contribution in [3.05, 3.63) is 64.2 Å². The number of hydrogen-bond donors (Lipinski definition) is 2. The Morgan fingerprint density at radius 2 is 2.08 bits per heavy atom. The van der Waals surface area contributed by atoms with E-state index in [-0.39, 0.29) is 11.5 Å². The van der Waals surface area contributed by atoms with Crippen LogP contribution >= 0.6 is 0 Å². The number of H-pyrrole nitrogens is 1. The first-order chi connectivity index (χ1) is 11.7. The Balaban J connectivity index is 1.43. The van der Waals surface area contributed by atoms with Crippen LogP contribution in [0.2, 0.25) is 0 Å². The quantitative estimate of drug-likeness (QED) is 0.754. The lowest BCUT2D eigenvalue weighted by Crippen LogP contribution is -2.32. The number of nitrogens with zero attached hydrogens (tertiary/aromatic N) is 2. The zero-order valence-electron chi connectivity index (χ0n) is 13.2. The van der Waals surface area contributed by atoms with Gasteiger partial charge in [-0.3, -0.25) is 9.59 Å². The molecule has 6 heteroatoms. The molecule has 1 aliphatic rings. The molecular weight excluding hydrogens is 304 g/mol. The summed E-state index contributed by atoms with van der Waals surface area (Å²) in [4.78, 5) is 27.3. The van der Waals surface area contributed by atoms with E-state index in [0.29, 0.717) is 24.6 Å². The van der Waals surface area contributed by atoms with Crippen molar-refractivity contribution in [2.24, 2.45) is 0 Å². The van der Waals surface area contributed by atoms with Crippen LogP contribution in [0.5, 0.6) is 0 Å². The number of carbonyl (C=O) groups excluding carboxylic acids is 1. The lowest BCUT2D eigenvalue weighted by Gasteiger charge is -2.08. The Morgan fingerprint density at radius 3 is 2.92 bits per heavy atom. The summed E-state index contributed by atoms with van der Waals surface area (Å²) in [5, 5.41) is 8.14. The number of nitrogens with one attached hydrogen (secondary N) is 2. The molecule has 1 fully saturated rings. The van der Waals surface area contributed by atoms with Gasteiger partial charge in [-0.15, -0.1) is 0 Å². The van der Waals surface area contributed by atoms with Gasteiger partial charge in [0, 0.05) is 35.6 Å². The van der Waals surface area contributed by atoms with Crippen LogP contribution in [0.3, 0.4) is 0 Å². The monoisotopic (exact) mass is 322 g/mol. The predicted octanol–water partition coefficient (Wildman–Crippen LogP) is 2.03. The van der Waals surface area contributed by atoms with Gasteiger partial charge in [0.05, 0.1) is 17.8 Å². The summed E-state index contributed by atoms with van der Waals surface area (Å²) in [6.45, 7) is 0.729. The molecule has 2 aromatic heterocycles. The number of aromatic nitrogens is 3. The largest absolute Gasteiger partial charge is 0.360 e. The summed E-state index contributed by atoms with van der Waals surface area (Å²) in [5.74, 6) is 0.344. The number of carbonyl (C=O) groups is 1. The predicted molar refractivity (Wildman–Crippen MR) is 91.1 cm³/mol. The third-order valence-electron chi connectivity index (χ3n) is 4.33. The Labute approximate surface area is 138 Å². The van der Waals surface area contributed by atoms with Crippen LogP contribution in [0, 0.1) is 0 Å². The molecule has 3 aromatic rings. The molecule has 6 nitrogen and oxygen atoms in total. The topological polar surface area (TPSA) is 79.8 Å². The summed E-state index contributed by atoms with van der Waals surface area (Å²) in [7, 11) is 0. The lowest BCUT2D eigenvalue weighted by atomic mass is 10.1. The van der Waals surface area contributed by atoms with E-state index in [2.05, 4.69) is 15.4 Å². The van der Waals surface area contributed by atoms with E-state index >= 15 is 0 Å². The first-order valence-electron chi connectivity index (χ1n) is 8.15. The zero-order valence-corrected chi connectivity index (χ0v) is 13.2. The van der Waals surface area contributed by atoms with Crippen LogP contribution in [0.25, 0.3) is 10.9 Å². The Kier molecular flexibility index (Phi) is 3.65. The van der Waals surface area contributed by atoms with Crippen LogP contribution in [-0.4, -0.2) is 27.2 Å². The molecule has 0 aliphatic heterocycles. The average Bonchev–Trinajstić information content (AvgIpc) is 3.35. The van der Waals surface area contributed by atoms with E-state index in [4.69, 9.17) is 0 Å². The molecule has 0 radical (unpaired) electrons. The van der Waals surface area contributed by atoms with Crippen molar-refractivity contribution in [3.8, 4) is 0 Å². The van der Waals surface area contributed by atoms with Crippen molar-refractivity contribution in [1.29, 1.82) is 0 Å². The van der Waals surface area contributed by atoms with Crippen molar-refractivity contribution in [2.45, 2.75) is 25.3 Å². The Hall–Kier alpha value is -2.89. The van der Waals surface area contributed by atoms with Crippen LogP contribution in [0.15, 0.2) is 47.4 Å². The van der Waals surface area contributed by atoms with Gasteiger partial charge in [-0.25, -0.2) is 4.68 Å². The fourth-order valence-corrected chi connectivity index (χ4v) is 2.85. The van der Waals surface area contributed by atoms with Gasteiger partial charge in [-0.05, 0) is 25.0 Å². The Morgan fingerprint density at radius 1 is 1.25 bits per heavy atom. The van der Waals surface area contributed by atoms with Gasteiger partial charge in [-0.1, -0.05) is 18.2 Å². The third kappa shape index (κ3) is 2.82. The molecular formula is C18H18N4O2. The number of aromatic amines is 1. The second-order valence-corrected chi connectivity index (χ2v) is 6.10. The second kappa shape index (κ2) is 5.96. The maximum Gasteiger partial charge on any atom is 0.266 e. The van der Waals surface area contributed by atoms with Gasteiger partial charge >= 0.3 is 0 Å². The number of benzene rings is 1. The highest BCUT2D eigenvalue weighted by atomic mass is 16.2. The normalized spacial score (nSPS) is 14.0. The molecule has 0 spiro atoms. The van der Waals surface area contributed by atoms with Crippen molar-refractivity contribution < 1.29 is 4.79 Å². The number of hydrogen-bond acceptors (Lipinski definition) is 3. The van der Waals surface area contributed by atoms with Gasteiger partial charge < -0.3 is 10.3 Å². The minimum atomic E-state index is -0.154. The summed E-state index contributed by atoms with van der Waals surface area (Å²) in [5.41, 5.74) is 2.37. The first kappa shape index (κ1) is 14.7. The maximum atomic E-state index is 12.3. The molecule has 0 unspecified atom stereocenters. The van der Waals surface area contributed by atoms with Crippen molar-refractivity contribution in [1.82, 2.24) is 20.1 Å². The number of para-hydroxylation sites is 1. The third-order valence-corrected chi connectivity index (χ3v) is 4.33. The molecule has 1 amide bonds. The van der Waals surface area contributed by atoms with Crippen LogP contribution in [0.4, 0.5) is 0 Å².